The lowest BCUT2D eigenvalue weighted by molar-refractivity contribution is 0.0896. The van der Waals surface area contributed by atoms with Gasteiger partial charge in [0.1, 0.15) is 18.2 Å². The van der Waals surface area contributed by atoms with E-state index in [1.165, 1.54) is 11.2 Å². The van der Waals surface area contributed by atoms with Crippen molar-refractivity contribution in [1.82, 2.24) is 14.9 Å². The second kappa shape index (κ2) is 10.2. The Balaban J connectivity index is 1.63. The van der Waals surface area contributed by atoms with E-state index in [4.69, 9.17) is 27.9 Å². The maximum atomic E-state index is 12.4. The van der Waals surface area contributed by atoms with Gasteiger partial charge in [0.25, 0.3) is 0 Å². The number of piperazine rings is 1. The van der Waals surface area contributed by atoms with Gasteiger partial charge in [-0.1, -0.05) is 48.7 Å². The first-order chi connectivity index (χ1) is 16.0. The van der Waals surface area contributed by atoms with Gasteiger partial charge < -0.3 is 9.64 Å². The molecule has 0 bridgehead atoms. The first kappa shape index (κ1) is 23.1. The molecule has 1 aliphatic heterocycles. The Bertz CT molecular complexity index is 1200. The summed E-state index contributed by atoms with van der Waals surface area (Å²) in [5.74, 6) is 0.700. The minimum absolute atomic E-state index is 0.324. The Hall–Kier alpha value is -3.08. The molecule has 0 radical (unpaired) electrons. The van der Waals surface area contributed by atoms with Crippen LogP contribution in [0.5, 0.6) is 0 Å². The Labute approximate surface area is 202 Å². The number of halogens is 2. The summed E-state index contributed by atoms with van der Waals surface area (Å²) in [5, 5.41) is 11.8. The molecule has 1 aliphatic rings. The predicted octanol–water partition coefficient (Wildman–Crippen LogP) is 5.55. The largest absolute Gasteiger partial charge is 0.449 e. The molecule has 2 heterocycles. The molecule has 1 aromatic heterocycles. The van der Waals surface area contributed by atoms with Crippen molar-refractivity contribution in [1.29, 1.82) is 5.26 Å². The van der Waals surface area contributed by atoms with Gasteiger partial charge in [-0.15, -0.1) is 0 Å². The summed E-state index contributed by atoms with van der Waals surface area (Å²) in [4.78, 5) is 24.8. The van der Waals surface area contributed by atoms with Crippen LogP contribution in [0, 0.1) is 11.3 Å². The molecule has 0 spiro atoms. The van der Waals surface area contributed by atoms with Crippen molar-refractivity contribution in [2.75, 3.05) is 31.1 Å². The van der Waals surface area contributed by atoms with Crippen LogP contribution in [0.3, 0.4) is 0 Å². The number of hydrogen-bond donors (Lipinski definition) is 0. The molecule has 0 N–H and O–H groups in total. The molecule has 0 aliphatic carbocycles. The minimum atomic E-state index is -0.638. The molecular formula is C24H23Cl2N5O2. The van der Waals surface area contributed by atoms with Crippen LogP contribution in [-0.2, 0) is 4.74 Å². The lowest BCUT2D eigenvalue weighted by Gasteiger charge is -2.38. The molecule has 9 heteroatoms. The molecule has 7 nitrogen and oxygen atoms in total. The number of ether oxygens (including phenoxy) is 1. The predicted molar refractivity (Wildman–Crippen MR) is 130 cm³/mol. The number of unbranched alkanes of at least 4 members (excludes halogenated alkanes) is 1. The summed E-state index contributed by atoms with van der Waals surface area (Å²) in [6.45, 7) is 3.60. The van der Waals surface area contributed by atoms with Crippen molar-refractivity contribution in [3.8, 4) is 17.2 Å². The maximum absolute atomic E-state index is 12.4. The molecule has 1 atom stereocenters. The Kier molecular flexibility index (Phi) is 7.17. The molecule has 1 unspecified atom stereocenters. The van der Waals surface area contributed by atoms with E-state index in [1.54, 1.807) is 0 Å². The molecule has 33 heavy (non-hydrogen) atoms. The van der Waals surface area contributed by atoms with Crippen molar-refractivity contribution in [2.45, 2.75) is 25.8 Å². The number of anilines is 1. The normalized spacial score (nSPS) is 16.0. The van der Waals surface area contributed by atoms with Crippen LogP contribution >= 0.6 is 23.2 Å². The smallest absolute Gasteiger partial charge is 0.410 e. The van der Waals surface area contributed by atoms with Crippen LogP contribution in [0.1, 0.15) is 19.8 Å². The topological polar surface area (TPSA) is 82.3 Å². The summed E-state index contributed by atoms with van der Waals surface area (Å²) >= 11 is 12.6. The van der Waals surface area contributed by atoms with Gasteiger partial charge in [0.15, 0.2) is 0 Å². The first-order valence-corrected chi connectivity index (χ1v) is 11.6. The Morgan fingerprint density at radius 2 is 2.00 bits per heavy atom. The lowest BCUT2D eigenvalue weighted by atomic mass is 10.0. The number of carbonyl (C=O) groups excluding carboxylic acids is 1. The van der Waals surface area contributed by atoms with Gasteiger partial charge in [0.05, 0.1) is 29.8 Å². The summed E-state index contributed by atoms with van der Waals surface area (Å²) in [6.07, 6.45) is 2.78. The quantitative estimate of drug-likeness (QED) is 0.442. The van der Waals surface area contributed by atoms with Gasteiger partial charge in [0, 0.05) is 29.1 Å². The van der Waals surface area contributed by atoms with Crippen molar-refractivity contribution in [2.24, 2.45) is 0 Å². The third kappa shape index (κ3) is 4.97. The summed E-state index contributed by atoms with van der Waals surface area (Å²) in [5.41, 5.74) is 2.47. The van der Waals surface area contributed by atoms with Crippen molar-refractivity contribution in [3.63, 3.8) is 0 Å². The van der Waals surface area contributed by atoms with Crippen molar-refractivity contribution < 1.29 is 9.53 Å². The molecular weight excluding hydrogens is 461 g/mol. The van der Waals surface area contributed by atoms with Crippen LogP contribution < -0.4 is 4.90 Å². The second-order valence-corrected chi connectivity index (χ2v) is 8.65. The number of fused-ring (bicyclic) bond motifs is 1. The fraction of sp³-hybridized carbons (Fsp3) is 0.333. The van der Waals surface area contributed by atoms with Crippen LogP contribution in [0.2, 0.25) is 10.0 Å². The third-order valence-corrected chi connectivity index (χ3v) is 6.21. The summed E-state index contributed by atoms with van der Waals surface area (Å²) in [6, 6.07) is 12.8. The zero-order valence-electron chi connectivity index (χ0n) is 18.2. The van der Waals surface area contributed by atoms with E-state index in [1.807, 2.05) is 48.2 Å². The van der Waals surface area contributed by atoms with Gasteiger partial charge >= 0.3 is 6.09 Å². The van der Waals surface area contributed by atoms with E-state index < -0.39 is 12.1 Å². The maximum Gasteiger partial charge on any atom is 0.410 e. The Morgan fingerprint density at radius 3 is 2.73 bits per heavy atom. The molecule has 1 amide bonds. The molecule has 1 saturated heterocycles. The average molecular weight is 484 g/mol. The zero-order valence-corrected chi connectivity index (χ0v) is 19.7. The van der Waals surface area contributed by atoms with Crippen LogP contribution in [0.25, 0.3) is 22.0 Å². The summed E-state index contributed by atoms with van der Waals surface area (Å²) < 4.78 is 5.32. The molecule has 2 aromatic carbocycles. The van der Waals surface area contributed by atoms with Crippen LogP contribution in [0.4, 0.5) is 10.6 Å². The average Bonchev–Trinajstić information content (AvgIpc) is 2.83. The number of benzene rings is 2. The highest BCUT2D eigenvalue weighted by Crippen LogP contribution is 2.35. The van der Waals surface area contributed by atoms with Crippen LogP contribution in [-0.4, -0.2) is 53.2 Å². The number of amides is 1. The van der Waals surface area contributed by atoms with Crippen molar-refractivity contribution >= 4 is 46.0 Å². The SMILES string of the molecule is CCCCOC(=O)N1CCN(c2ncnc3cc(Cl)c(-c4ccc(Cl)cc4)cc23)CC1C#N. The summed E-state index contributed by atoms with van der Waals surface area (Å²) in [7, 11) is 0. The fourth-order valence-corrected chi connectivity index (χ4v) is 4.25. The standard InChI is InChI=1S/C24H23Cl2N5O2/c1-2-3-10-33-24(32)31-9-8-30(14-18(31)13-27)23-20-11-19(16-4-6-17(25)7-5-16)21(26)12-22(20)28-15-29-23/h4-7,11-12,15,18H,2-3,8-10,14H2,1H3. The zero-order chi connectivity index (χ0) is 23.4. The molecule has 0 saturated carbocycles. The third-order valence-electron chi connectivity index (χ3n) is 5.65. The minimum Gasteiger partial charge on any atom is -0.449 e. The highest BCUT2D eigenvalue weighted by Gasteiger charge is 2.32. The number of nitrogens with zero attached hydrogens (tertiary/aromatic N) is 5. The van der Waals surface area contributed by atoms with E-state index in [2.05, 4.69) is 16.0 Å². The number of nitriles is 1. The van der Waals surface area contributed by atoms with E-state index in [9.17, 15) is 10.1 Å². The number of carbonyl (C=O) groups is 1. The number of hydrogen-bond acceptors (Lipinski definition) is 6. The van der Waals surface area contributed by atoms with Gasteiger partial charge in [-0.2, -0.15) is 5.26 Å². The molecule has 3 aromatic rings. The van der Waals surface area contributed by atoms with Gasteiger partial charge in [-0.3, -0.25) is 4.90 Å². The van der Waals surface area contributed by atoms with E-state index in [0.29, 0.717) is 47.6 Å². The fourth-order valence-electron chi connectivity index (χ4n) is 3.86. The number of rotatable bonds is 5. The van der Waals surface area contributed by atoms with Gasteiger partial charge in [-0.05, 0) is 36.2 Å². The first-order valence-electron chi connectivity index (χ1n) is 10.8. The van der Waals surface area contributed by atoms with Gasteiger partial charge in [0.2, 0.25) is 0 Å². The highest BCUT2D eigenvalue weighted by atomic mass is 35.5. The second-order valence-electron chi connectivity index (χ2n) is 7.81. The molecule has 170 valence electrons. The number of aromatic nitrogens is 2. The van der Waals surface area contributed by atoms with E-state index in [0.717, 1.165) is 29.4 Å². The molecule has 4 rings (SSSR count). The highest BCUT2D eigenvalue weighted by molar-refractivity contribution is 6.34. The van der Waals surface area contributed by atoms with Crippen LogP contribution in [0.15, 0.2) is 42.7 Å². The Morgan fingerprint density at radius 1 is 1.21 bits per heavy atom. The van der Waals surface area contributed by atoms with E-state index >= 15 is 0 Å². The molecule has 1 fully saturated rings. The van der Waals surface area contributed by atoms with Gasteiger partial charge in [-0.25, -0.2) is 14.8 Å². The lowest BCUT2D eigenvalue weighted by Crippen LogP contribution is -2.55. The monoisotopic (exact) mass is 483 g/mol. The van der Waals surface area contributed by atoms with Crippen molar-refractivity contribution in [3.05, 3.63) is 52.8 Å². The van der Waals surface area contributed by atoms with E-state index in [-0.39, 0.29) is 0 Å².